The van der Waals surface area contributed by atoms with Gasteiger partial charge in [-0.1, -0.05) is 0 Å². The Labute approximate surface area is 118 Å². The summed E-state index contributed by atoms with van der Waals surface area (Å²) < 4.78 is 0.608. The summed E-state index contributed by atoms with van der Waals surface area (Å²) in [5.74, 6) is 0. The quantitative estimate of drug-likeness (QED) is 0.681. The first kappa shape index (κ1) is 12.0. The fraction of sp³-hybridized carbons (Fsp3) is 0.312. The summed E-state index contributed by atoms with van der Waals surface area (Å²) in [6.07, 6.45) is 3.74. The first-order chi connectivity index (χ1) is 8.75. The fourth-order valence-electron chi connectivity index (χ4n) is 2.99. The topological polar surface area (TPSA) is 12.9 Å². The van der Waals surface area contributed by atoms with Crippen LogP contribution in [0.1, 0.15) is 34.4 Å². The van der Waals surface area contributed by atoms with Gasteiger partial charge in [-0.15, -0.1) is 0 Å². The first-order valence-electron chi connectivity index (χ1n) is 6.81. The van der Waals surface area contributed by atoms with E-state index in [9.17, 15) is 0 Å². The molecule has 0 aliphatic heterocycles. The van der Waals surface area contributed by atoms with E-state index < -0.39 is 0 Å². The van der Waals surface area contributed by atoms with Crippen LogP contribution in [0.2, 0.25) is 0 Å². The molecule has 1 aromatic heterocycles. The van der Waals surface area contributed by atoms with Crippen LogP contribution in [0, 0.1) is 6.92 Å². The van der Waals surface area contributed by atoms with Crippen LogP contribution < -0.4 is 0 Å². The van der Waals surface area contributed by atoms with E-state index in [2.05, 4.69) is 61.0 Å². The molecule has 0 radical (unpaired) electrons. The van der Waals surface area contributed by atoms with Crippen LogP contribution in [0.3, 0.4) is 0 Å². The molecule has 18 heavy (non-hydrogen) atoms. The van der Waals surface area contributed by atoms with Crippen molar-refractivity contribution in [2.24, 2.45) is 0 Å². The number of pyridine rings is 1. The fourth-order valence-corrected chi connectivity index (χ4v) is 2.99. The first-order valence-corrected chi connectivity index (χ1v) is 6.81. The molecule has 1 unspecified atom stereocenters. The van der Waals surface area contributed by atoms with Gasteiger partial charge in [0.15, 0.2) is 0 Å². The number of aromatic nitrogens is 1. The summed E-state index contributed by atoms with van der Waals surface area (Å²) >= 11 is 2.30. The summed E-state index contributed by atoms with van der Waals surface area (Å²) in [6.45, 7) is 2.11. The van der Waals surface area contributed by atoms with Crippen molar-refractivity contribution in [3.05, 3.63) is 53.3 Å². The Hall–Kier alpha value is -1.03. The van der Waals surface area contributed by atoms with Crippen LogP contribution in [0.4, 0.5) is 0 Å². The third-order valence-corrected chi connectivity index (χ3v) is 3.90. The van der Waals surface area contributed by atoms with Crippen LogP contribution in [-0.2, 0) is 6.42 Å². The van der Waals surface area contributed by atoms with Crippen molar-refractivity contribution in [3.8, 4) is 11.1 Å². The second-order valence-corrected chi connectivity index (χ2v) is 5.33. The van der Waals surface area contributed by atoms with Gasteiger partial charge in [0, 0.05) is 0 Å². The predicted molar refractivity (Wildman–Crippen MR) is 75.8 cm³/mol. The number of hydrogen-bond donors (Lipinski definition) is 0. The molecular weight excluding hydrogens is 213 g/mol. The van der Waals surface area contributed by atoms with Gasteiger partial charge in [0.2, 0.25) is 0 Å². The second kappa shape index (κ2) is 4.92. The Morgan fingerprint density at radius 1 is 1.22 bits per heavy atom. The van der Waals surface area contributed by atoms with Crippen molar-refractivity contribution in [2.45, 2.75) is 30.8 Å². The summed E-state index contributed by atoms with van der Waals surface area (Å²) in [5, 5.41) is 0. The predicted octanol–water partition coefficient (Wildman–Crippen LogP) is 3.60. The Morgan fingerprint density at radius 2 is 2.00 bits per heavy atom. The summed E-state index contributed by atoms with van der Waals surface area (Å²) in [5.41, 5.74) is 6.67. The van der Waals surface area contributed by atoms with Crippen LogP contribution in [0.5, 0.6) is 0 Å². The number of hydrogen-bond acceptors (Lipinski definition) is 1. The molecule has 3 rings (SSSR count). The molecule has 1 aliphatic rings. The van der Waals surface area contributed by atoms with Crippen molar-refractivity contribution in [1.29, 1.82) is 0 Å². The zero-order valence-corrected chi connectivity index (χ0v) is 11.1. The molecular formula is C16H16LiN. The van der Waals surface area contributed by atoms with E-state index in [1.54, 1.807) is 0 Å². The van der Waals surface area contributed by atoms with E-state index in [1.807, 2.05) is 0 Å². The molecule has 2 heteroatoms. The van der Waals surface area contributed by atoms with E-state index in [4.69, 9.17) is 4.98 Å². The average molecular weight is 229 g/mol. The molecule has 0 saturated heterocycles. The number of fused-ring (bicyclic) bond motifs is 1. The van der Waals surface area contributed by atoms with Crippen LogP contribution in [0.25, 0.3) is 11.1 Å². The van der Waals surface area contributed by atoms with Gasteiger partial charge in [0.05, 0.1) is 0 Å². The van der Waals surface area contributed by atoms with Gasteiger partial charge in [-0.05, 0) is 0 Å². The van der Waals surface area contributed by atoms with E-state index >= 15 is 0 Å². The van der Waals surface area contributed by atoms with Gasteiger partial charge in [-0.25, -0.2) is 0 Å². The second-order valence-electron chi connectivity index (χ2n) is 5.33. The van der Waals surface area contributed by atoms with Gasteiger partial charge < -0.3 is 0 Å². The maximum atomic E-state index is 4.78. The van der Waals surface area contributed by atoms with Crippen molar-refractivity contribution >= 4 is 17.7 Å². The maximum absolute atomic E-state index is 4.78. The average Bonchev–Trinajstić information content (AvgIpc) is 2.40. The van der Waals surface area contributed by atoms with E-state index in [0.29, 0.717) is 4.59 Å². The van der Waals surface area contributed by atoms with Crippen molar-refractivity contribution in [2.75, 3.05) is 0 Å². The monoisotopic (exact) mass is 229 g/mol. The summed E-state index contributed by atoms with van der Waals surface area (Å²) in [7, 11) is 0. The third kappa shape index (κ3) is 2.14. The SMILES string of the molecule is [Li][CH]1CCCc2c(-c3ccccc3)cc(C)nc21. The number of benzene rings is 1. The Kier molecular flexibility index (Phi) is 3.29. The zero-order chi connectivity index (χ0) is 12.5. The van der Waals surface area contributed by atoms with E-state index in [1.165, 1.54) is 41.6 Å². The molecule has 1 aromatic carbocycles. The molecule has 0 spiro atoms. The van der Waals surface area contributed by atoms with Crippen LogP contribution >= 0.6 is 0 Å². The molecule has 1 nitrogen and oxygen atoms in total. The zero-order valence-electron chi connectivity index (χ0n) is 11.1. The molecule has 0 saturated carbocycles. The minimum atomic E-state index is 0.608. The Bertz CT molecular complexity index is 563. The number of aryl methyl sites for hydroxylation is 1. The van der Waals surface area contributed by atoms with Crippen molar-refractivity contribution in [3.63, 3.8) is 0 Å². The van der Waals surface area contributed by atoms with Crippen LogP contribution in [-0.4, -0.2) is 22.7 Å². The van der Waals surface area contributed by atoms with Crippen molar-refractivity contribution in [1.82, 2.24) is 4.98 Å². The molecule has 0 bridgehead atoms. The number of nitrogens with zero attached hydrogens (tertiary/aromatic N) is 1. The van der Waals surface area contributed by atoms with Gasteiger partial charge >= 0.3 is 118 Å². The normalized spacial score (nSPS) is 18.5. The molecule has 0 amide bonds. The van der Waals surface area contributed by atoms with Crippen molar-refractivity contribution < 1.29 is 0 Å². The van der Waals surface area contributed by atoms with E-state index in [-0.39, 0.29) is 0 Å². The Morgan fingerprint density at radius 3 is 2.78 bits per heavy atom. The third-order valence-electron chi connectivity index (χ3n) is 3.90. The van der Waals surface area contributed by atoms with Gasteiger partial charge in [-0.2, -0.15) is 0 Å². The van der Waals surface area contributed by atoms with Gasteiger partial charge in [0.25, 0.3) is 0 Å². The van der Waals surface area contributed by atoms with Gasteiger partial charge in [-0.3, -0.25) is 0 Å². The molecule has 1 heterocycles. The number of rotatable bonds is 1. The molecule has 1 aliphatic carbocycles. The molecule has 2 aromatic rings. The van der Waals surface area contributed by atoms with Gasteiger partial charge in [0.1, 0.15) is 0 Å². The minimum absolute atomic E-state index is 0.608. The molecule has 86 valence electrons. The molecule has 0 N–H and O–H groups in total. The van der Waals surface area contributed by atoms with Crippen LogP contribution in [0.15, 0.2) is 36.4 Å². The summed E-state index contributed by atoms with van der Waals surface area (Å²) in [4.78, 5) is 4.78. The standard InChI is InChI=1S/C16H16N.Li/c1-12-11-15(13-7-3-2-4-8-13)14-9-5-6-10-16(14)17-12;/h2-4,7-8,10-11H,5-6,9H2,1H3;. The summed E-state index contributed by atoms with van der Waals surface area (Å²) in [6, 6.07) is 13.0. The molecule has 0 fully saturated rings. The van der Waals surface area contributed by atoms with E-state index in [0.717, 1.165) is 5.69 Å². The Balaban J connectivity index is 2.21. The molecule has 1 atom stereocenters.